The lowest BCUT2D eigenvalue weighted by Crippen LogP contribution is -2.20. The number of benzene rings is 2. The van der Waals surface area contributed by atoms with Gasteiger partial charge in [0, 0.05) is 24.3 Å². The highest BCUT2D eigenvalue weighted by molar-refractivity contribution is 6.05. The van der Waals surface area contributed by atoms with E-state index >= 15 is 0 Å². The molecule has 0 saturated carbocycles. The van der Waals surface area contributed by atoms with Crippen LogP contribution in [0.1, 0.15) is 13.9 Å². The van der Waals surface area contributed by atoms with Gasteiger partial charge < -0.3 is 20.9 Å². The number of amides is 2. The molecule has 0 fully saturated rings. The SMILES string of the molecule is [2H]C([2H])(c1ccnc(N)c1)n1ccc2c(NC(=O)Nc3cc(C)ccc3F)cccc21. The molecule has 0 radical (unpaired) electrons. The predicted octanol–water partition coefficient (Wildman–Crippen LogP) is 4.76. The molecule has 6 nitrogen and oxygen atoms in total. The van der Waals surface area contributed by atoms with E-state index in [9.17, 15) is 9.18 Å². The van der Waals surface area contributed by atoms with Crippen molar-refractivity contribution in [3.8, 4) is 0 Å². The Morgan fingerprint density at radius 1 is 1.17 bits per heavy atom. The maximum absolute atomic E-state index is 13.9. The van der Waals surface area contributed by atoms with Crippen molar-refractivity contribution in [3.63, 3.8) is 0 Å². The molecule has 0 aliphatic rings. The normalized spacial score (nSPS) is 12.3. The van der Waals surface area contributed by atoms with Gasteiger partial charge >= 0.3 is 6.03 Å². The van der Waals surface area contributed by atoms with Gasteiger partial charge in [-0.25, -0.2) is 14.2 Å². The topological polar surface area (TPSA) is 85.0 Å². The summed E-state index contributed by atoms with van der Waals surface area (Å²) in [4.78, 5) is 16.4. The number of fused-ring (bicyclic) bond motifs is 1. The zero-order valence-corrected chi connectivity index (χ0v) is 15.6. The predicted molar refractivity (Wildman–Crippen MR) is 113 cm³/mol. The number of urea groups is 1. The first-order valence-electron chi connectivity index (χ1n) is 9.92. The molecule has 0 spiro atoms. The van der Waals surface area contributed by atoms with Gasteiger partial charge in [0.25, 0.3) is 0 Å². The first-order valence-corrected chi connectivity index (χ1v) is 8.92. The molecule has 4 aromatic rings. The number of hydrogen-bond donors (Lipinski definition) is 3. The number of aryl methyl sites for hydroxylation is 1. The fourth-order valence-electron chi connectivity index (χ4n) is 3.04. The number of hydrogen-bond acceptors (Lipinski definition) is 3. The minimum atomic E-state index is -1.90. The average molecular weight is 391 g/mol. The van der Waals surface area contributed by atoms with Crippen LogP contribution >= 0.6 is 0 Å². The van der Waals surface area contributed by atoms with Gasteiger partial charge in [-0.3, -0.25) is 0 Å². The van der Waals surface area contributed by atoms with E-state index < -0.39 is 18.3 Å². The lowest BCUT2D eigenvalue weighted by atomic mass is 10.2. The maximum atomic E-state index is 13.9. The van der Waals surface area contributed by atoms with Crippen LogP contribution in [-0.2, 0) is 6.50 Å². The van der Waals surface area contributed by atoms with E-state index in [2.05, 4.69) is 15.6 Å². The average Bonchev–Trinajstić information content (AvgIpc) is 3.17. The number of aromatic nitrogens is 2. The van der Waals surface area contributed by atoms with Crippen molar-refractivity contribution >= 4 is 34.1 Å². The summed E-state index contributed by atoms with van der Waals surface area (Å²) in [5.41, 5.74) is 7.99. The van der Waals surface area contributed by atoms with E-state index in [1.165, 1.54) is 22.9 Å². The van der Waals surface area contributed by atoms with Crippen LogP contribution in [-0.4, -0.2) is 15.6 Å². The Labute approximate surface area is 170 Å². The Morgan fingerprint density at radius 3 is 2.83 bits per heavy atom. The maximum Gasteiger partial charge on any atom is 0.323 e. The van der Waals surface area contributed by atoms with Gasteiger partial charge in [0.1, 0.15) is 11.6 Å². The highest BCUT2D eigenvalue weighted by Crippen LogP contribution is 2.26. The number of halogens is 1. The number of nitrogens with two attached hydrogens (primary N) is 1. The molecule has 2 aromatic carbocycles. The lowest BCUT2D eigenvalue weighted by molar-refractivity contribution is 0.262. The van der Waals surface area contributed by atoms with Gasteiger partial charge in [-0.05, 0) is 60.5 Å². The standard InChI is InChI=1S/C22H20FN5O/c1-14-5-6-17(23)19(11-14)27-22(29)26-18-3-2-4-20-16(18)8-10-28(20)13-15-7-9-25-21(24)12-15/h2-12H,13H2,1H3,(H2,24,25)(H2,26,27,29)/i13D2. The van der Waals surface area contributed by atoms with Crippen molar-refractivity contribution in [2.24, 2.45) is 0 Å². The fourth-order valence-corrected chi connectivity index (χ4v) is 3.04. The van der Waals surface area contributed by atoms with E-state index in [1.54, 1.807) is 55.6 Å². The summed E-state index contributed by atoms with van der Waals surface area (Å²) in [5.74, 6) is -0.310. The minimum Gasteiger partial charge on any atom is -0.384 e. The molecule has 29 heavy (non-hydrogen) atoms. The first kappa shape index (κ1) is 16.1. The number of nitrogens with zero attached hydrogens (tertiary/aromatic N) is 2. The van der Waals surface area contributed by atoms with E-state index in [1.807, 2.05) is 0 Å². The molecule has 0 aliphatic carbocycles. The second kappa shape index (κ2) is 7.63. The van der Waals surface area contributed by atoms with Crippen LogP contribution in [0.5, 0.6) is 0 Å². The number of pyridine rings is 1. The molecule has 0 atom stereocenters. The molecule has 4 N–H and O–H groups in total. The monoisotopic (exact) mass is 391 g/mol. The highest BCUT2D eigenvalue weighted by Gasteiger charge is 2.11. The molecule has 4 rings (SSSR count). The lowest BCUT2D eigenvalue weighted by Gasteiger charge is -2.11. The molecule has 2 heterocycles. The molecule has 146 valence electrons. The fraction of sp³-hybridized carbons (Fsp3) is 0.0909. The van der Waals surface area contributed by atoms with Crippen LogP contribution in [0, 0.1) is 12.7 Å². The summed E-state index contributed by atoms with van der Waals surface area (Å²) in [6.45, 7) is -0.0965. The minimum absolute atomic E-state index is 0.0776. The second-order valence-electron chi connectivity index (χ2n) is 6.57. The van der Waals surface area contributed by atoms with Crippen LogP contribution in [0.4, 0.5) is 26.4 Å². The Morgan fingerprint density at radius 2 is 2.00 bits per heavy atom. The van der Waals surface area contributed by atoms with E-state index in [0.717, 1.165) is 5.56 Å². The van der Waals surface area contributed by atoms with E-state index in [4.69, 9.17) is 8.48 Å². The number of anilines is 3. The molecule has 2 amide bonds. The molecule has 0 bridgehead atoms. The third kappa shape index (κ3) is 4.03. The van der Waals surface area contributed by atoms with Crippen LogP contribution in [0.15, 0.2) is 67.0 Å². The Balaban J connectivity index is 1.65. The molecule has 7 heteroatoms. The van der Waals surface area contributed by atoms with E-state index in [0.29, 0.717) is 22.2 Å². The van der Waals surface area contributed by atoms with Gasteiger partial charge in [-0.1, -0.05) is 12.1 Å². The van der Waals surface area contributed by atoms with E-state index in [-0.39, 0.29) is 11.5 Å². The molecular formula is C22H20FN5O. The van der Waals surface area contributed by atoms with Crippen LogP contribution < -0.4 is 16.4 Å². The highest BCUT2D eigenvalue weighted by atomic mass is 19.1. The number of nitrogens with one attached hydrogen (secondary N) is 2. The molecule has 0 unspecified atom stereocenters. The zero-order valence-electron chi connectivity index (χ0n) is 17.6. The summed E-state index contributed by atoms with van der Waals surface area (Å²) in [5, 5.41) is 5.85. The van der Waals surface area contributed by atoms with Crippen LogP contribution in [0.3, 0.4) is 0 Å². The van der Waals surface area contributed by atoms with Gasteiger partial charge in [-0.2, -0.15) is 0 Å². The largest absolute Gasteiger partial charge is 0.384 e. The first-order chi connectivity index (χ1) is 14.8. The number of rotatable bonds is 4. The Bertz CT molecular complexity index is 1290. The molecule has 2 aromatic heterocycles. The third-order valence-electron chi connectivity index (χ3n) is 4.38. The van der Waals surface area contributed by atoms with Crippen molar-refractivity contribution in [1.82, 2.24) is 9.55 Å². The molecular weight excluding hydrogens is 369 g/mol. The summed E-state index contributed by atoms with van der Waals surface area (Å²) in [7, 11) is 0. The zero-order chi connectivity index (χ0) is 22.2. The quantitative estimate of drug-likeness (QED) is 0.469. The smallest absolute Gasteiger partial charge is 0.323 e. The Hall–Kier alpha value is -3.87. The summed E-state index contributed by atoms with van der Waals surface area (Å²) >= 11 is 0. The number of nitrogen functional groups attached to an aromatic ring is 1. The van der Waals surface area contributed by atoms with Crippen molar-refractivity contribution in [2.45, 2.75) is 13.4 Å². The van der Waals surface area contributed by atoms with Crippen molar-refractivity contribution < 1.29 is 11.9 Å². The molecule has 0 aliphatic heterocycles. The number of carbonyl (C=O) groups is 1. The summed E-state index contributed by atoms with van der Waals surface area (Å²) < 4.78 is 32.6. The molecule has 0 saturated heterocycles. The summed E-state index contributed by atoms with van der Waals surface area (Å²) in [6.07, 6.45) is 3.06. The van der Waals surface area contributed by atoms with Crippen molar-refractivity contribution in [1.29, 1.82) is 0 Å². The Kier molecular flexibility index (Phi) is 4.24. The van der Waals surface area contributed by atoms with Crippen molar-refractivity contribution in [2.75, 3.05) is 16.4 Å². The number of carbonyl (C=O) groups excluding carboxylic acids is 1. The third-order valence-corrected chi connectivity index (χ3v) is 4.38. The van der Waals surface area contributed by atoms with Gasteiger partial charge in [0.15, 0.2) is 0 Å². The van der Waals surface area contributed by atoms with Gasteiger partial charge in [0.2, 0.25) is 0 Å². The second-order valence-corrected chi connectivity index (χ2v) is 6.57. The van der Waals surface area contributed by atoms with Gasteiger partial charge in [0.05, 0.1) is 19.6 Å². The van der Waals surface area contributed by atoms with Gasteiger partial charge in [-0.15, -0.1) is 0 Å². The van der Waals surface area contributed by atoms with Crippen LogP contribution in [0.25, 0.3) is 10.9 Å². The summed E-state index contributed by atoms with van der Waals surface area (Å²) in [6, 6.07) is 13.8. The van der Waals surface area contributed by atoms with Crippen molar-refractivity contribution in [3.05, 3.63) is 83.9 Å². The van der Waals surface area contributed by atoms with Crippen LogP contribution in [0.2, 0.25) is 0 Å².